The SMILES string of the molecule is CC(CN(C)CCCc1ccccc1)C(N)=NO. The van der Waals surface area contributed by atoms with Crippen LogP contribution in [0.4, 0.5) is 0 Å². The van der Waals surface area contributed by atoms with Crippen molar-refractivity contribution < 1.29 is 5.21 Å². The minimum Gasteiger partial charge on any atom is -0.409 e. The van der Waals surface area contributed by atoms with Crippen molar-refractivity contribution in [1.82, 2.24) is 4.90 Å². The van der Waals surface area contributed by atoms with E-state index in [4.69, 9.17) is 10.9 Å². The zero-order valence-electron chi connectivity index (χ0n) is 11.2. The largest absolute Gasteiger partial charge is 0.409 e. The van der Waals surface area contributed by atoms with Gasteiger partial charge in [-0.2, -0.15) is 0 Å². The van der Waals surface area contributed by atoms with Crippen LogP contribution >= 0.6 is 0 Å². The second-order valence-electron chi connectivity index (χ2n) is 4.78. The molecule has 0 amide bonds. The molecule has 1 atom stereocenters. The van der Waals surface area contributed by atoms with Crippen molar-refractivity contribution in [2.24, 2.45) is 16.8 Å². The minimum atomic E-state index is 0.0803. The number of oxime groups is 1. The quantitative estimate of drug-likeness (QED) is 0.336. The molecule has 0 aliphatic carbocycles. The first-order valence-corrected chi connectivity index (χ1v) is 6.33. The van der Waals surface area contributed by atoms with Crippen LogP contribution in [0.25, 0.3) is 0 Å². The van der Waals surface area contributed by atoms with Crippen molar-refractivity contribution >= 4 is 5.84 Å². The van der Waals surface area contributed by atoms with Crippen LogP contribution in [-0.4, -0.2) is 36.1 Å². The highest BCUT2D eigenvalue weighted by Crippen LogP contribution is 2.04. The molecular formula is C14H23N3O. The highest BCUT2D eigenvalue weighted by Gasteiger charge is 2.10. The van der Waals surface area contributed by atoms with Crippen molar-refractivity contribution in [3.8, 4) is 0 Å². The molecule has 1 aromatic carbocycles. The molecule has 1 unspecified atom stereocenters. The van der Waals surface area contributed by atoms with Gasteiger partial charge in [-0.05, 0) is 32.0 Å². The maximum atomic E-state index is 8.59. The predicted octanol–water partition coefficient (Wildman–Crippen LogP) is 1.93. The van der Waals surface area contributed by atoms with Gasteiger partial charge in [0.1, 0.15) is 5.84 Å². The number of amidine groups is 1. The molecule has 0 aromatic heterocycles. The monoisotopic (exact) mass is 249 g/mol. The minimum absolute atomic E-state index is 0.0803. The lowest BCUT2D eigenvalue weighted by molar-refractivity contribution is 0.293. The van der Waals surface area contributed by atoms with Crippen LogP contribution < -0.4 is 5.73 Å². The lowest BCUT2D eigenvalue weighted by atomic mass is 10.1. The van der Waals surface area contributed by atoms with Crippen LogP contribution in [0, 0.1) is 5.92 Å². The van der Waals surface area contributed by atoms with Gasteiger partial charge in [-0.1, -0.05) is 42.4 Å². The molecule has 100 valence electrons. The second-order valence-corrected chi connectivity index (χ2v) is 4.78. The Labute approximate surface area is 109 Å². The van der Waals surface area contributed by atoms with Gasteiger partial charge in [0.15, 0.2) is 0 Å². The molecule has 0 aliphatic heterocycles. The summed E-state index contributed by atoms with van der Waals surface area (Å²) < 4.78 is 0. The second kappa shape index (κ2) is 7.71. The summed E-state index contributed by atoms with van der Waals surface area (Å²) in [6.45, 7) is 3.78. The van der Waals surface area contributed by atoms with Crippen LogP contribution in [-0.2, 0) is 6.42 Å². The molecule has 3 N–H and O–H groups in total. The van der Waals surface area contributed by atoms with Gasteiger partial charge in [0.2, 0.25) is 0 Å². The third-order valence-electron chi connectivity index (χ3n) is 3.05. The number of rotatable bonds is 7. The van der Waals surface area contributed by atoms with Gasteiger partial charge in [0, 0.05) is 12.5 Å². The van der Waals surface area contributed by atoms with Gasteiger partial charge in [0.25, 0.3) is 0 Å². The van der Waals surface area contributed by atoms with Gasteiger partial charge >= 0.3 is 0 Å². The van der Waals surface area contributed by atoms with E-state index in [0.29, 0.717) is 5.84 Å². The average Bonchev–Trinajstić information content (AvgIpc) is 2.38. The van der Waals surface area contributed by atoms with Gasteiger partial charge in [-0.3, -0.25) is 0 Å². The maximum absolute atomic E-state index is 8.59. The Morgan fingerprint density at radius 2 is 2.06 bits per heavy atom. The molecule has 0 heterocycles. The highest BCUT2D eigenvalue weighted by molar-refractivity contribution is 5.82. The van der Waals surface area contributed by atoms with Crippen LogP contribution in [0.3, 0.4) is 0 Å². The van der Waals surface area contributed by atoms with Crippen LogP contribution in [0.5, 0.6) is 0 Å². The molecule has 4 nitrogen and oxygen atoms in total. The summed E-state index contributed by atoms with van der Waals surface area (Å²) in [5.41, 5.74) is 6.93. The summed E-state index contributed by atoms with van der Waals surface area (Å²) in [6, 6.07) is 10.5. The number of hydrogen-bond acceptors (Lipinski definition) is 3. The molecule has 0 spiro atoms. The zero-order valence-corrected chi connectivity index (χ0v) is 11.2. The Kier molecular flexibility index (Phi) is 6.22. The number of hydrogen-bond donors (Lipinski definition) is 2. The van der Waals surface area contributed by atoms with E-state index in [-0.39, 0.29) is 5.92 Å². The number of benzene rings is 1. The van der Waals surface area contributed by atoms with E-state index < -0.39 is 0 Å². The molecule has 4 heteroatoms. The van der Waals surface area contributed by atoms with E-state index in [1.807, 2.05) is 13.0 Å². The van der Waals surface area contributed by atoms with E-state index in [1.54, 1.807) is 0 Å². The van der Waals surface area contributed by atoms with Crippen LogP contribution in [0.15, 0.2) is 35.5 Å². The molecule has 18 heavy (non-hydrogen) atoms. The zero-order chi connectivity index (χ0) is 13.4. The molecule has 0 aliphatic rings. The molecule has 0 saturated heterocycles. The average molecular weight is 249 g/mol. The van der Waals surface area contributed by atoms with Gasteiger partial charge < -0.3 is 15.8 Å². The van der Waals surface area contributed by atoms with E-state index in [1.165, 1.54) is 5.56 Å². The summed E-state index contributed by atoms with van der Waals surface area (Å²) in [7, 11) is 2.06. The van der Waals surface area contributed by atoms with Crippen molar-refractivity contribution in [3.63, 3.8) is 0 Å². The summed E-state index contributed by atoms with van der Waals surface area (Å²) in [6.07, 6.45) is 2.20. The van der Waals surface area contributed by atoms with Crippen LogP contribution in [0.1, 0.15) is 18.9 Å². The van der Waals surface area contributed by atoms with Gasteiger partial charge in [-0.15, -0.1) is 0 Å². The number of nitrogens with zero attached hydrogens (tertiary/aromatic N) is 2. The summed E-state index contributed by atoms with van der Waals surface area (Å²) in [5, 5.41) is 11.6. The Hall–Kier alpha value is -1.55. The molecule has 0 saturated carbocycles. The fraction of sp³-hybridized carbons (Fsp3) is 0.500. The normalized spacial score (nSPS) is 13.8. The van der Waals surface area contributed by atoms with Gasteiger partial charge in [0.05, 0.1) is 0 Å². The van der Waals surface area contributed by atoms with Crippen LogP contribution in [0.2, 0.25) is 0 Å². The first-order chi connectivity index (χ1) is 8.63. The number of nitrogens with two attached hydrogens (primary N) is 1. The molecule has 1 rings (SSSR count). The molecule has 0 radical (unpaired) electrons. The van der Waals surface area contributed by atoms with E-state index >= 15 is 0 Å². The molecule has 0 bridgehead atoms. The van der Waals surface area contributed by atoms with Crippen molar-refractivity contribution in [2.45, 2.75) is 19.8 Å². The third-order valence-corrected chi connectivity index (χ3v) is 3.05. The Morgan fingerprint density at radius 1 is 1.39 bits per heavy atom. The number of aryl methyl sites for hydroxylation is 1. The Morgan fingerprint density at radius 3 is 2.67 bits per heavy atom. The maximum Gasteiger partial charge on any atom is 0.143 e. The third kappa shape index (κ3) is 5.19. The lowest BCUT2D eigenvalue weighted by Crippen LogP contribution is -2.33. The van der Waals surface area contributed by atoms with E-state index in [0.717, 1.165) is 25.9 Å². The fourth-order valence-electron chi connectivity index (χ4n) is 1.95. The molecular weight excluding hydrogens is 226 g/mol. The lowest BCUT2D eigenvalue weighted by Gasteiger charge is -2.20. The first kappa shape index (κ1) is 14.5. The smallest absolute Gasteiger partial charge is 0.143 e. The van der Waals surface area contributed by atoms with Gasteiger partial charge in [-0.25, -0.2) is 0 Å². The molecule has 1 aromatic rings. The van der Waals surface area contributed by atoms with Crippen molar-refractivity contribution in [2.75, 3.05) is 20.1 Å². The van der Waals surface area contributed by atoms with E-state index in [2.05, 4.69) is 41.4 Å². The van der Waals surface area contributed by atoms with Crippen molar-refractivity contribution in [1.29, 1.82) is 0 Å². The first-order valence-electron chi connectivity index (χ1n) is 6.33. The van der Waals surface area contributed by atoms with Crippen molar-refractivity contribution in [3.05, 3.63) is 35.9 Å². The summed E-state index contributed by atoms with van der Waals surface area (Å²) in [5.74, 6) is 0.377. The topological polar surface area (TPSA) is 61.8 Å². The molecule has 0 fully saturated rings. The summed E-state index contributed by atoms with van der Waals surface area (Å²) in [4.78, 5) is 2.21. The fourth-order valence-corrected chi connectivity index (χ4v) is 1.95. The highest BCUT2D eigenvalue weighted by atomic mass is 16.4. The standard InChI is InChI=1S/C14H23N3O/c1-12(14(15)16-18)11-17(2)10-6-9-13-7-4-3-5-8-13/h3-5,7-8,12,18H,6,9-11H2,1-2H3,(H2,15,16). The Bertz CT molecular complexity index is 365. The predicted molar refractivity (Wildman–Crippen MR) is 74.8 cm³/mol. The Balaban J connectivity index is 2.23. The summed E-state index contributed by atoms with van der Waals surface area (Å²) >= 11 is 0. The van der Waals surface area contributed by atoms with E-state index in [9.17, 15) is 0 Å².